The van der Waals surface area contributed by atoms with Crippen LogP contribution in [0.1, 0.15) is 28.4 Å². The van der Waals surface area contributed by atoms with Crippen LogP contribution in [0.4, 0.5) is 0 Å². The molecule has 0 aliphatic carbocycles. The summed E-state index contributed by atoms with van der Waals surface area (Å²) >= 11 is 1.49. The molecular formula is C24H26N2O3S. The van der Waals surface area contributed by atoms with Crippen molar-refractivity contribution in [2.75, 3.05) is 19.8 Å². The highest BCUT2D eigenvalue weighted by molar-refractivity contribution is 7.99. The number of ether oxygens (including phenoxy) is 2. The minimum atomic E-state index is -0.162. The highest BCUT2D eigenvalue weighted by Gasteiger charge is 2.13. The molecule has 0 radical (unpaired) electrons. The van der Waals surface area contributed by atoms with E-state index in [0.29, 0.717) is 30.3 Å². The fourth-order valence-electron chi connectivity index (χ4n) is 2.76. The first-order valence-electron chi connectivity index (χ1n) is 9.91. The predicted octanol–water partition coefficient (Wildman–Crippen LogP) is 5.06. The van der Waals surface area contributed by atoms with Crippen molar-refractivity contribution in [2.45, 2.75) is 30.7 Å². The molecule has 6 heteroatoms. The van der Waals surface area contributed by atoms with Gasteiger partial charge in [0.1, 0.15) is 23.1 Å². The van der Waals surface area contributed by atoms with Crippen molar-refractivity contribution in [3.63, 3.8) is 0 Å². The van der Waals surface area contributed by atoms with Gasteiger partial charge < -0.3 is 14.8 Å². The Labute approximate surface area is 181 Å². The van der Waals surface area contributed by atoms with Gasteiger partial charge in [0.15, 0.2) is 0 Å². The molecule has 3 rings (SSSR count). The predicted molar refractivity (Wildman–Crippen MR) is 120 cm³/mol. The number of rotatable bonds is 9. The van der Waals surface area contributed by atoms with E-state index < -0.39 is 0 Å². The molecule has 0 atom stereocenters. The monoisotopic (exact) mass is 422 g/mol. The highest BCUT2D eigenvalue weighted by atomic mass is 32.2. The molecule has 0 aliphatic heterocycles. The van der Waals surface area contributed by atoms with Gasteiger partial charge in [-0.25, -0.2) is 4.98 Å². The Balaban J connectivity index is 1.54. The standard InChI is InChI=1S/C24H26N2O3S/c1-4-28-19-8-10-20(11-9-19)29-15-14-25-23(27)22-6-5-13-26-24(22)30-21-12-7-17(2)18(3)16-21/h5-13,16H,4,14-15H2,1-3H3,(H,25,27). The zero-order valence-electron chi connectivity index (χ0n) is 17.5. The van der Waals surface area contributed by atoms with Crippen LogP contribution in [0.25, 0.3) is 0 Å². The van der Waals surface area contributed by atoms with Gasteiger partial charge in [-0.15, -0.1) is 0 Å². The third-order valence-electron chi connectivity index (χ3n) is 4.50. The fraction of sp³-hybridized carbons (Fsp3) is 0.250. The van der Waals surface area contributed by atoms with Crippen LogP contribution in [0.3, 0.4) is 0 Å². The number of benzene rings is 2. The molecule has 1 N–H and O–H groups in total. The lowest BCUT2D eigenvalue weighted by Gasteiger charge is -2.11. The smallest absolute Gasteiger partial charge is 0.254 e. The topological polar surface area (TPSA) is 60.5 Å². The maximum atomic E-state index is 12.7. The molecule has 5 nitrogen and oxygen atoms in total. The molecule has 1 amide bonds. The molecule has 0 bridgehead atoms. The maximum absolute atomic E-state index is 12.7. The summed E-state index contributed by atoms with van der Waals surface area (Å²) in [4.78, 5) is 18.1. The van der Waals surface area contributed by atoms with Gasteiger partial charge in [-0.1, -0.05) is 17.8 Å². The van der Waals surface area contributed by atoms with Gasteiger partial charge in [0.2, 0.25) is 0 Å². The molecule has 0 fully saturated rings. The van der Waals surface area contributed by atoms with E-state index in [2.05, 4.69) is 36.3 Å². The van der Waals surface area contributed by atoms with Crippen molar-refractivity contribution < 1.29 is 14.3 Å². The van der Waals surface area contributed by atoms with Gasteiger partial charge in [0.25, 0.3) is 5.91 Å². The zero-order valence-corrected chi connectivity index (χ0v) is 18.3. The van der Waals surface area contributed by atoms with E-state index in [1.165, 1.54) is 22.9 Å². The average molecular weight is 423 g/mol. The summed E-state index contributed by atoms with van der Waals surface area (Å²) in [5, 5.41) is 3.59. The summed E-state index contributed by atoms with van der Waals surface area (Å²) in [6.45, 7) is 7.51. The molecular weight excluding hydrogens is 396 g/mol. The van der Waals surface area contributed by atoms with Crippen LogP contribution in [0.15, 0.2) is 70.7 Å². The van der Waals surface area contributed by atoms with Crippen LogP contribution < -0.4 is 14.8 Å². The number of carbonyl (C=O) groups is 1. The van der Waals surface area contributed by atoms with E-state index in [9.17, 15) is 4.79 Å². The van der Waals surface area contributed by atoms with Gasteiger partial charge in [-0.3, -0.25) is 4.79 Å². The van der Waals surface area contributed by atoms with Crippen molar-refractivity contribution in [3.8, 4) is 11.5 Å². The summed E-state index contributed by atoms with van der Waals surface area (Å²) in [5.74, 6) is 1.38. The average Bonchev–Trinajstić information content (AvgIpc) is 2.75. The van der Waals surface area contributed by atoms with Gasteiger partial charge >= 0.3 is 0 Å². The van der Waals surface area contributed by atoms with Crippen molar-refractivity contribution in [3.05, 3.63) is 77.5 Å². The van der Waals surface area contributed by atoms with Crippen LogP contribution in [-0.2, 0) is 0 Å². The lowest BCUT2D eigenvalue weighted by Crippen LogP contribution is -2.28. The Morgan fingerprint density at radius 1 is 1.00 bits per heavy atom. The second-order valence-electron chi connectivity index (χ2n) is 6.71. The Kier molecular flexibility index (Phi) is 7.74. The van der Waals surface area contributed by atoms with E-state index >= 15 is 0 Å². The molecule has 0 spiro atoms. The van der Waals surface area contributed by atoms with E-state index in [4.69, 9.17) is 9.47 Å². The number of nitrogens with zero attached hydrogens (tertiary/aromatic N) is 1. The molecule has 1 aromatic heterocycles. The number of aromatic nitrogens is 1. The van der Waals surface area contributed by atoms with Gasteiger partial charge in [-0.2, -0.15) is 0 Å². The third kappa shape index (κ3) is 6.00. The number of carbonyl (C=O) groups excluding carboxylic acids is 1. The van der Waals surface area contributed by atoms with Crippen molar-refractivity contribution in [2.24, 2.45) is 0 Å². The molecule has 3 aromatic rings. The van der Waals surface area contributed by atoms with E-state index in [0.717, 1.165) is 16.4 Å². The van der Waals surface area contributed by atoms with Gasteiger partial charge in [0, 0.05) is 11.1 Å². The second-order valence-corrected chi connectivity index (χ2v) is 7.78. The van der Waals surface area contributed by atoms with Gasteiger partial charge in [0.05, 0.1) is 18.7 Å². The van der Waals surface area contributed by atoms with E-state index in [1.54, 1.807) is 18.3 Å². The van der Waals surface area contributed by atoms with Crippen molar-refractivity contribution in [1.82, 2.24) is 10.3 Å². The maximum Gasteiger partial charge on any atom is 0.254 e. The summed E-state index contributed by atoms with van der Waals surface area (Å²) in [5.41, 5.74) is 3.01. The van der Waals surface area contributed by atoms with E-state index in [1.807, 2.05) is 37.3 Å². The quantitative estimate of drug-likeness (QED) is 0.489. The Bertz CT molecular complexity index is 990. The minimum absolute atomic E-state index is 0.162. The summed E-state index contributed by atoms with van der Waals surface area (Å²) in [6, 6.07) is 17.2. The number of nitrogens with one attached hydrogen (secondary N) is 1. The van der Waals surface area contributed by atoms with Crippen LogP contribution >= 0.6 is 11.8 Å². The largest absolute Gasteiger partial charge is 0.494 e. The highest BCUT2D eigenvalue weighted by Crippen LogP contribution is 2.30. The Morgan fingerprint density at radius 3 is 2.43 bits per heavy atom. The molecule has 2 aromatic carbocycles. The number of hydrogen-bond acceptors (Lipinski definition) is 5. The normalized spacial score (nSPS) is 10.5. The first kappa shape index (κ1) is 21.7. The van der Waals surface area contributed by atoms with Crippen LogP contribution in [0.2, 0.25) is 0 Å². The van der Waals surface area contributed by atoms with Crippen LogP contribution in [0, 0.1) is 13.8 Å². The summed E-state index contributed by atoms with van der Waals surface area (Å²) in [6.07, 6.45) is 1.70. The SMILES string of the molecule is CCOc1ccc(OCCNC(=O)c2cccnc2Sc2ccc(C)c(C)c2)cc1. The van der Waals surface area contributed by atoms with Gasteiger partial charge in [-0.05, 0) is 80.4 Å². The second kappa shape index (κ2) is 10.7. The molecule has 30 heavy (non-hydrogen) atoms. The van der Waals surface area contributed by atoms with E-state index in [-0.39, 0.29) is 5.91 Å². The Morgan fingerprint density at radius 2 is 1.73 bits per heavy atom. The molecule has 0 saturated heterocycles. The summed E-state index contributed by atoms with van der Waals surface area (Å²) in [7, 11) is 0. The fourth-order valence-corrected chi connectivity index (χ4v) is 3.74. The molecule has 1 heterocycles. The number of aryl methyl sites for hydroxylation is 2. The minimum Gasteiger partial charge on any atom is -0.494 e. The first-order valence-corrected chi connectivity index (χ1v) is 10.7. The lowest BCUT2D eigenvalue weighted by atomic mass is 10.1. The zero-order chi connectivity index (χ0) is 21.3. The van der Waals surface area contributed by atoms with Crippen molar-refractivity contribution in [1.29, 1.82) is 0 Å². The molecule has 0 unspecified atom stereocenters. The van der Waals surface area contributed by atoms with Crippen LogP contribution in [0.5, 0.6) is 11.5 Å². The first-order chi connectivity index (χ1) is 14.6. The molecule has 0 aliphatic rings. The van der Waals surface area contributed by atoms with Crippen molar-refractivity contribution >= 4 is 17.7 Å². The molecule has 156 valence electrons. The Hall–Kier alpha value is -2.99. The summed E-state index contributed by atoms with van der Waals surface area (Å²) < 4.78 is 11.1. The third-order valence-corrected chi connectivity index (χ3v) is 5.51. The lowest BCUT2D eigenvalue weighted by molar-refractivity contribution is 0.0943. The number of hydrogen-bond donors (Lipinski definition) is 1. The molecule has 0 saturated carbocycles. The number of amides is 1. The van der Waals surface area contributed by atoms with Crippen LogP contribution in [-0.4, -0.2) is 30.6 Å². The number of pyridine rings is 1.